The topological polar surface area (TPSA) is 82.3 Å². The van der Waals surface area contributed by atoms with Gasteiger partial charge in [0.05, 0.1) is 11.6 Å². The van der Waals surface area contributed by atoms with E-state index in [9.17, 15) is 41.3 Å². The lowest BCUT2D eigenvalue weighted by Crippen LogP contribution is -2.23. The molecule has 1 rings (SSSR count). The van der Waals surface area contributed by atoms with Gasteiger partial charge in [0, 0.05) is 0 Å². The molecule has 0 spiro atoms. The molecule has 13 heteroatoms. The van der Waals surface area contributed by atoms with Crippen LogP contribution in [0.1, 0.15) is 16.1 Å². The van der Waals surface area contributed by atoms with Crippen molar-refractivity contribution in [3.63, 3.8) is 0 Å². The number of carbonyl (C=O) groups is 1. The maximum Gasteiger partial charge on any atom is 0.573 e. The van der Waals surface area contributed by atoms with Crippen molar-refractivity contribution < 1.29 is 40.8 Å². The molecule has 21 heavy (non-hydrogen) atoms. The first-order valence-electron chi connectivity index (χ1n) is 4.55. The highest BCUT2D eigenvalue weighted by Gasteiger charge is 2.47. The van der Waals surface area contributed by atoms with Crippen molar-refractivity contribution >= 4 is 22.7 Å². The molecule has 1 aromatic heterocycles. The van der Waals surface area contributed by atoms with E-state index in [-0.39, 0.29) is 6.07 Å². The molecule has 0 atom stereocenters. The van der Waals surface area contributed by atoms with E-state index >= 15 is 0 Å². The highest BCUT2D eigenvalue weighted by atomic mass is 35.5. The number of nitro groups is 1. The first-order valence-corrected chi connectivity index (χ1v) is 4.93. The Morgan fingerprint density at radius 3 is 2.14 bits per heavy atom. The molecule has 0 fully saturated rings. The SMILES string of the molecule is O=C(Cl)c1cc([N+](=O)[O-])nc(C(F)(F)F)c1OC(F)(F)F. The van der Waals surface area contributed by atoms with Crippen LogP contribution in [-0.2, 0) is 6.18 Å². The summed E-state index contributed by atoms with van der Waals surface area (Å²) in [5.74, 6) is -3.57. The smallest absolute Gasteiger partial charge is 0.400 e. The molecule has 0 saturated carbocycles. The molecule has 0 aliphatic heterocycles. The second-order valence-corrected chi connectivity index (χ2v) is 3.63. The van der Waals surface area contributed by atoms with Gasteiger partial charge in [-0.25, -0.2) is 0 Å². The van der Waals surface area contributed by atoms with Crippen LogP contribution < -0.4 is 4.74 Å². The van der Waals surface area contributed by atoms with Crippen molar-refractivity contribution in [1.82, 2.24) is 4.98 Å². The van der Waals surface area contributed by atoms with Gasteiger partial charge in [0.15, 0.2) is 5.75 Å². The molecular formula is C8HClF6N2O4. The zero-order valence-corrected chi connectivity index (χ0v) is 10.0. The number of alkyl halides is 6. The maximum absolute atomic E-state index is 12.6. The van der Waals surface area contributed by atoms with Crippen molar-refractivity contribution in [3.8, 4) is 5.75 Å². The molecule has 0 aromatic carbocycles. The summed E-state index contributed by atoms with van der Waals surface area (Å²) in [6.07, 6.45) is -11.1. The number of ether oxygens (including phenoxy) is 1. The van der Waals surface area contributed by atoms with Gasteiger partial charge in [0.25, 0.3) is 10.9 Å². The van der Waals surface area contributed by atoms with E-state index in [2.05, 4.69) is 9.72 Å². The van der Waals surface area contributed by atoms with Crippen LogP contribution in [0, 0.1) is 10.1 Å². The third kappa shape index (κ3) is 4.18. The average Bonchev–Trinajstić information content (AvgIpc) is 2.24. The number of pyridine rings is 1. The number of aromatic nitrogens is 1. The third-order valence-corrected chi connectivity index (χ3v) is 2.05. The Labute approximate surface area is 115 Å². The maximum atomic E-state index is 12.6. The Bertz CT molecular complexity index is 600. The molecule has 0 radical (unpaired) electrons. The number of rotatable bonds is 3. The summed E-state index contributed by atoms with van der Waals surface area (Å²) >= 11 is 4.83. The van der Waals surface area contributed by atoms with Crippen LogP contribution in [0.2, 0.25) is 0 Å². The van der Waals surface area contributed by atoms with Crippen molar-refractivity contribution in [2.75, 3.05) is 0 Å². The molecule has 6 nitrogen and oxygen atoms in total. The lowest BCUT2D eigenvalue weighted by Gasteiger charge is -2.14. The molecule has 1 aromatic rings. The Morgan fingerprint density at radius 2 is 1.81 bits per heavy atom. The van der Waals surface area contributed by atoms with Gasteiger partial charge in [0.1, 0.15) is 0 Å². The summed E-state index contributed by atoms with van der Waals surface area (Å²) in [7, 11) is 0. The summed E-state index contributed by atoms with van der Waals surface area (Å²) in [6.45, 7) is 0. The van der Waals surface area contributed by atoms with E-state index in [0.717, 1.165) is 0 Å². The standard InChI is InChI=1S/C8HClF6N2O4/c9-6(18)2-1-3(17(19)20)16-5(7(10,11)12)4(2)21-8(13,14)15/h1H. The number of halogens is 7. The highest BCUT2D eigenvalue weighted by Crippen LogP contribution is 2.41. The van der Waals surface area contributed by atoms with Gasteiger partial charge >= 0.3 is 18.4 Å². The fourth-order valence-electron chi connectivity index (χ4n) is 1.17. The first kappa shape index (κ1) is 16.9. The Morgan fingerprint density at radius 1 is 1.29 bits per heavy atom. The molecule has 0 aliphatic rings. The summed E-state index contributed by atoms with van der Waals surface area (Å²) in [6, 6.07) is 0.0473. The van der Waals surface area contributed by atoms with Gasteiger partial charge in [-0.15, -0.1) is 13.2 Å². The van der Waals surface area contributed by atoms with E-state index < -0.39 is 45.5 Å². The molecule has 0 bridgehead atoms. The average molecular weight is 339 g/mol. The van der Waals surface area contributed by atoms with Gasteiger partial charge in [-0.1, -0.05) is 0 Å². The van der Waals surface area contributed by atoms with Crippen molar-refractivity contribution in [2.24, 2.45) is 0 Å². The monoisotopic (exact) mass is 338 g/mol. The van der Waals surface area contributed by atoms with Gasteiger partial charge in [-0.3, -0.25) is 4.79 Å². The van der Waals surface area contributed by atoms with Gasteiger partial charge < -0.3 is 14.9 Å². The third-order valence-electron chi connectivity index (χ3n) is 1.84. The Hall–Kier alpha value is -2.11. The van der Waals surface area contributed by atoms with Crippen molar-refractivity contribution in [3.05, 3.63) is 27.4 Å². The lowest BCUT2D eigenvalue weighted by molar-refractivity contribution is -0.390. The molecule has 0 saturated heterocycles. The predicted molar refractivity (Wildman–Crippen MR) is 52.8 cm³/mol. The summed E-state index contributed by atoms with van der Waals surface area (Å²) in [4.78, 5) is 22.3. The molecule has 0 amide bonds. The van der Waals surface area contributed by atoms with Crippen LogP contribution in [0.4, 0.5) is 32.2 Å². The van der Waals surface area contributed by atoms with Crippen molar-refractivity contribution in [1.29, 1.82) is 0 Å². The van der Waals surface area contributed by atoms with Crippen LogP contribution in [0.5, 0.6) is 5.75 Å². The number of hydrogen-bond acceptors (Lipinski definition) is 5. The zero-order valence-electron chi connectivity index (χ0n) is 9.25. The number of carbonyl (C=O) groups excluding carboxylic acids is 1. The lowest BCUT2D eigenvalue weighted by atomic mass is 10.2. The highest BCUT2D eigenvalue weighted by molar-refractivity contribution is 6.68. The fourth-order valence-corrected chi connectivity index (χ4v) is 1.31. The van der Waals surface area contributed by atoms with Crippen LogP contribution in [0.3, 0.4) is 0 Å². The minimum absolute atomic E-state index is 0.0473. The number of hydrogen-bond donors (Lipinski definition) is 0. The van der Waals surface area contributed by atoms with Crippen LogP contribution in [0.25, 0.3) is 0 Å². The predicted octanol–water partition coefficient (Wildman–Crippen LogP) is 3.29. The summed E-state index contributed by atoms with van der Waals surface area (Å²) in [5, 5.41) is 8.60. The van der Waals surface area contributed by atoms with Crippen LogP contribution in [-0.4, -0.2) is 21.5 Å². The first-order chi connectivity index (χ1) is 9.33. The Balaban J connectivity index is 3.71. The zero-order chi connectivity index (χ0) is 16.6. The second kappa shape index (κ2) is 5.35. The minimum Gasteiger partial charge on any atom is -0.400 e. The van der Waals surface area contributed by atoms with E-state index in [1.54, 1.807) is 0 Å². The quantitative estimate of drug-likeness (QED) is 0.365. The minimum atomic E-state index is -5.60. The molecule has 0 N–H and O–H groups in total. The van der Waals surface area contributed by atoms with E-state index in [1.165, 1.54) is 0 Å². The fraction of sp³-hybridized carbons (Fsp3) is 0.250. The molecule has 0 unspecified atom stereocenters. The van der Waals surface area contributed by atoms with Crippen LogP contribution in [0.15, 0.2) is 6.07 Å². The van der Waals surface area contributed by atoms with Crippen molar-refractivity contribution in [2.45, 2.75) is 12.5 Å². The normalized spacial score (nSPS) is 12.1. The summed E-state index contributed by atoms with van der Waals surface area (Å²) < 4.78 is 77.3. The van der Waals surface area contributed by atoms with Gasteiger partial charge in [-0.2, -0.15) is 13.2 Å². The van der Waals surface area contributed by atoms with Crippen LogP contribution >= 0.6 is 11.6 Å². The largest absolute Gasteiger partial charge is 0.573 e. The molecule has 1 heterocycles. The number of nitrogens with zero attached hydrogens (tertiary/aromatic N) is 2. The van der Waals surface area contributed by atoms with Gasteiger partial charge in [0.2, 0.25) is 0 Å². The second-order valence-electron chi connectivity index (χ2n) is 3.28. The molecule has 0 aliphatic carbocycles. The molecule has 116 valence electrons. The van der Waals surface area contributed by atoms with Gasteiger partial charge in [-0.05, 0) is 21.5 Å². The summed E-state index contributed by atoms with van der Waals surface area (Å²) in [5.41, 5.74) is -3.87. The Kier molecular flexibility index (Phi) is 4.32. The van der Waals surface area contributed by atoms with E-state index in [0.29, 0.717) is 0 Å². The van der Waals surface area contributed by atoms with E-state index in [4.69, 9.17) is 11.6 Å². The molecular weight excluding hydrogens is 338 g/mol. The van der Waals surface area contributed by atoms with E-state index in [1.807, 2.05) is 0 Å².